The van der Waals surface area contributed by atoms with Crippen LogP contribution in [0.25, 0.3) is 6.08 Å². The van der Waals surface area contributed by atoms with Gasteiger partial charge < -0.3 is 20.7 Å². The number of carbonyl (C=O) groups is 4. The SMILES string of the molecule is Nc1ccc2c(c1)C=C(C(=O)NCc1ccc3c(c1)CN(C1CCC(=O)NC1=O)C3=O)CO2. The summed E-state index contributed by atoms with van der Waals surface area (Å²) in [5, 5.41) is 5.18. The van der Waals surface area contributed by atoms with Crippen LogP contribution >= 0.6 is 0 Å². The minimum Gasteiger partial charge on any atom is -0.488 e. The molecule has 1 saturated heterocycles. The smallest absolute Gasteiger partial charge is 0.255 e. The Balaban J connectivity index is 1.25. The first-order valence-electron chi connectivity index (χ1n) is 10.7. The number of nitrogens with zero attached hydrogens (tertiary/aromatic N) is 1. The first-order chi connectivity index (χ1) is 15.9. The van der Waals surface area contributed by atoms with Gasteiger partial charge in [0.2, 0.25) is 11.8 Å². The molecule has 9 heteroatoms. The molecule has 33 heavy (non-hydrogen) atoms. The Hall–Kier alpha value is -4.14. The van der Waals surface area contributed by atoms with Gasteiger partial charge in [0.05, 0.1) is 5.57 Å². The van der Waals surface area contributed by atoms with Gasteiger partial charge in [0.1, 0.15) is 18.4 Å². The zero-order valence-electron chi connectivity index (χ0n) is 17.7. The lowest BCUT2D eigenvalue weighted by molar-refractivity contribution is -0.137. The quantitative estimate of drug-likeness (QED) is 0.477. The molecule has 0 aliphatic carbocycles. The molecule has 2 aromatic carbocycles. The molecular weight excluding hydrogens is 424 g/mol. The van der Waals surface area contributed by atoms with Gasteiger partial charge in [-0.3, -0.25) is 24.5 Å². The minimum atomic E-state index is -0.652. The van der Waals surface area contributed by atoms with E-state index in [1.54, 1.807) is 36.4 Å². The molecule has 5 rings (SSSR count). The van der Waals surface area contributed by atoms with Crippen molar-refractivity contribution in [3.8, 4) is 5.75 Å². The van der Waals surface area contributed by atoms with Crippen molar-refractivity contribution >= 4 is 35.4 Å². The standard InChI is InChI=1S/C24H22N4O5/c25-17-2-5-20-14(9-17)8-16(12-33-20)22(30)26-10-13-1-3-18-15(7-13)11-28(24(18)32)19-4-6-21(29)27-23(19)31/h1-3,5,7-9,19H,4,6,10-12,25H2,(H,26,30)(H,27,29,31). The zero-order chi connectivity index (χ0) is 23.1. The van der Waals surface area contributed by atoms with Gasteiger partial charge in [0, 0.05) is 36.3 Å². The van der Waals surface area contributed by atoms with Crippen LogP contribution in [0.4, 0.5) is 5.69 Å². The summed E-state index contributed by atoms with van der Waals surface area (Å²) in [4.78, 5) is 50.5. The maximum absolute atomic E-state index is 12.8. The van der Waals surface area contributed by atoms with Crippen LogP contribution in [0.15, 0.2) is 42.0 Å². The van der Waals surface area contributed by atoms with Crippen molar-refractivity contribution in [1.29, 1.82) is 0 Å². The second-order valence-corrected chi connectivity index (χ2v) is 8.33. The number of imide groups is 1. The normalized spacial score (nSPS) is 19.3. The maximum atomic E-state index is 12.8. The van der Waals surface area contributed by atoms with E-state index in [0.29, 0.717) is 35.5 Å². The molecule has 168 valence electrons. The Labute approximate surface area is 189 Å². The van der Waals surface area contributed by atoms with Gasteiger partial charge in [0.25, 0.3) is 11.8 Å². The summed E-state index contributed by atoms with van der Waals surface area (Å²) in [5.41, 5.74) is 9.82. The number of ether oxygens (including phenoxy) is 1. The second kappa shape index (κ2) is 8.09. The summed E-state index contributed by atoms with van der Waals surface area (Å²) in [6, 6.07) is 9.99. The van der Waals surface area contributed by atoms with E-state index in [9.17, 15) is 19.2 Å². The van der Waals surface area contributed by atoms with Gasteiger partial charge in [-0.05, 0) is 47.9 Å². The molecule has 0 bridgehead atoms. The third-order valence-corrected chi connectivity index (χ3v) is 6.08. The molecule has 3 aliphatic rings. The Morgan fingerprint density at radius 2 is 2.03 bits per heavy atom. The van der Waals surface area contributed by atoms with E-state index in [1.165, 1.54) is 4.90 Å². The average molecular weight is 446 g/mol. The van der Waals surface area contributed by atoms with E-state index >= 15 is 0 Å². The van der Waals surface area contributed by atoms with Gasteiger partial charge in [-0.15, -0.1) is 0 Å². The van der Waals surface area contributed by atoms with E-state index in [1.807, 2.05) is 6.07 Å². The number of nitrogen functional groups attached to an aromatic ring is 1. The Morgan fingerprint density at radius 3 is 2.85 bits per heavy atom. The molecule has 1 fully saturated rings. The average Bonchev–Trinajstić information content (AvgIpc) is 3.12. The van der Waals surface area contributed by atoms with Crippen LogP contribution in [-0.4, -0.2) is 41.2 Å². The van der Waals surface area contributed by atoms with Crippen molar-refractivity contribution in [3.63, 3.8) is 0 Å². The molecular formula is C24H22N4O5. The Kier molecular flexibility index (Phi) is 5.08. The second-order valence-electron chi connectivity index (χ2n) is 8.33. The first-order valence-corrected chi connectivity index (χ1v) is 10.7. The van der Waals surface area contributed by atoms with Crippen molar-refractivity contribution < 1.29 is 23.9 Å². The molecule has 2 aromatic rings. The van der Waals surface area contributed by atoms with E-state index in [4.69, 9.17) is 10.5 Å². The van der Waals surface area contributed by atoms with Crippen molar-refractivity contribution in [2.24, 2.45) is 0 Å². The number of carbonyl (C=O) groups excluding carboxylic acids is 4. The molecule has 3 heterocycles. The summed E-state index contributed by atoms with van der Waals surface area (Å²) < 4.78 is 5.64. The first kappa shape index (κ1) is 20.7. The predicted molar refractivity (Wildman–Crippen MR) is 119 cm³/mol. The molecule has 0 aromatic heterocycles. The summed E-state index contributed by atoms with van der Waals surface area (Å²) in [6.45, 7) is 0.738. The van der Waals surface area contributed by atoms with Gasteiger partial charge >= 0.3 is 0 Å². The zero-order valence-corrected chi connectivity index (χ0v) is 17.7. The van der Waals surface area contributed by atoms with Crippen LogP contribution in [0.5, 0.6) is 5.75 Å². The number of nitrogens with one attached hydrogen (secondary N) is 2. The van der Waals surface area contributed by atoms with Gasteiger partial charge in [-0.1, -0.05) is 12.1 Å². The lowest BCUT2D eigenvalue weighted by Crippen LogP contribution is -2.52. The number of benzene rings is 2. The fraction of sp³-hybridized carbons (Fsp3) is 0.250. The summed E-state index contributed by atoms with van der Waals surface area (Å²) in [6.07, 6.45) is 2.30. The number of anilines is 1. The molecule has 0 spiro atoms. The molecule has 0 saturated carbocycles. The predicted octanol–water partition coefficient (Wildman–Crippen LogP) is 1.12. The van der Waals surface area contributed by atoms with Crippen molar-refractivity contribution in [3.05, 3.63) is 64.2 Å². The molecule has 0 radical (unpaired) electrons. The molecule has 4 N–H and O–H groups in total. The highest BCUT2D eigenvalue weighted by atomic mass is 16.5. The number of nitrogens with two attached hydrogens (primary N) is 1. The van der Waals surface area contributed by atoms with Crippen LogP contribution in [0.1, 0.15) is 39.9 Å². The van der Waals surface area contributed by atoms with Crippen LogP contribution in [0.3, 0.4) is 0 Å². The topological polar surface area (TPSA) is 131 Å². The van der Waals surface area contributed by atoms with Crippen LogP contribution < -0.4 is 21.1 Å². The number of piperidine rings is 1. The number of fused-ring (bicyclic) bond motifs is 2. The van der Waals surface area contributed by atoms with Crippen LogP contribution in [0, 0.1) is 0 Å². The van der Waals surface area contributed by atoms with Gasteiger partial charge in [-0.2, -0.15) is 0 Å². The molecule has 9 nitrogen and oxygen atoms in total. The largest absolute Gasteiger partial charge is 0.488 e. The third-order valence-electron chi connectivity index (χ3n) is 6.08. The van der Waals surface area contributed by atoms with Crippen molar-refractivity contribution in [1.82, 2.24) is 15.5 Å². The highest BCUT2D eigenvalue weighted by Crippen LogP contribution is 2.29. The van der Waals surface area contributed by atoms with Crippen LogP contribution in [-0.2, 0) is 27.5 Å². The Morgan fingerprint density at radius 1 is 1.18 bits per heavy atom. The van der Waals surface area contributed by atoms with Gasteiger partial charge in [-0.25, -0.2) is 0 Å². The Bertz CT molecular complexity index is 1240. The van der Waals surface area contributed by atoms with Gasteiger partial charge in [0.15, 0.2) is 0 Å². The van der Waals surface area contributed by atoms with Crippen molar-refractivity contribution in [2.45, 2.75) is 32.0 Å². The number of hydrogen-bond donors (Lipinski definition) is 3. The lowest BCUT2D eigenvalue weighted by Gasteiger charge is -2.29. The molecule has 1 unspecified atom stereocenters. The molecule has 4 amide bonds. The van der Waals surface area contributed by atoms with E-state index in [-0.39, 0.29) is 37.3 Å². The number of rotatable bonds is 4. The summed E-state index contributed by atoms with van der Waals surface area (Å²) >= 11 is 0. The van der Waals surface area contributed by atoms with Crippen LogP contribution in [0.2, 0.25) is 0 Å². The summed E-state index contributed by atoms with van der Waals surface area (Å²) in [7, 11) is 0. The molecule has 1 atom stereocenters. The highest BCUT2D eigenvalue weighted by Gasteiger charge is 2.39. The highest BCUT2D eigenvalue weighted by molar-refractivity contribution is 6.05. The van der Waals surface area contributed by atoms with E-state index < -0.39 is 11.9 Å². The van der Waals surface area contributed by atoms with E-state index in [2.05, 4.69) is 10.6 Å². The minimum absolute atomic E-state index is 0.169. The van der Waals surface area contributed by atoms with Crippen molar-refractivity contribution in [2.75, 3.05) is 12.3 Å². The summed E-state index contributed by atoms with van der Waals surface area (Å²) in [5.74, 6) is -0.540. The number of amides is 4. The monoisotopic (exact) mass is 446 g/mol. The fourth-order valence-electron chi connectivity index (χ4n) is 4.36. The molecule has 3 aliphatic heterocycles. The maximum Gasteiger partial charge on any atom is 0.255 e. The van der Waals surface area contributed by atoms with E-state index in [0.717, 1.165) is 16.7 Å². The fourth-order valence-corrected chi connectivity index (χ4v) is 4.36. The number of hydrogen-bond acceptors (Lipinski definition) is 6. The lowest BCUT2D eigenvalue weighted by atomic mass is 10.0. The third kappa shape index (κ3) is 3.93.